The molecule has 49 heavy (non-hydrogen) atoms. The van der Waals surface area contributed by atoms with Crippen LogP contribution in [0.15, 0.2) is 54.2 Å². The lowest BCUT2D eigenvalue weighted by molar-refractivity contribution is -0.159. The molecule has 2 amide bonds. The average Bonchev–Trinajstić information content (AvgIpc) is 3.56. The number of carbonyl (C=O) groups excluding carboxylic acids is 3. The van der Waals surface area contributed by atoms with Crippen LogP contribution in [0, 0.1) is 0 Å². The third-order valence-electron chi connectivity index (χ3n) is 8.64. The van der Waals surface area contributed by atoms with Gasteiger partial charge >= 0.3 is 12.4 Å². The van der Waals surface area contributed by atoms with Crippen molar-refractivity contribution in [3.63, 3.8) is 0 Å². The first kappa shape index (κ1) is 36.0. The van der Waals surface area contributed by atoms with Gasteiger partial charge in [0.05, 0.1) is 22.9 Å². The fourth-order valence-electron chi connectivity index (χ4n) is 6.48. The number of alkyl halides is 6. The van der Waals surface area contributed by atoms with Gasteiger partial charge in [-0.2, -0.15) is 26.3 Å². The Morgan fingerprint density at radius 2 is 1.78 bits per heavy atom. The second-order valence-corrected chi connectivity index (χ2v) is 12.6. The van der Waals surface area contributed by atoms with Crippen LogP contribution in [0.1, 0.15) is 53.4 Å². The number of thiophene rings is 1. The third-order valence-corrected chi connectivity index (χ3v) is 9.59. The molecule has 2 atom stereocenters. The van der Waals surface area contributed by atoms with Gasteiger partial charge in [-0.15, -0.1) is 11.3 Å². The van der Waals surface area contributed by atoms with E-state index in [0.29, 0.717) is 54.6 Å². The summed E-state index contributed by atoms with van der Waals surface area (Å²) < 4.78 is 94.5. The number of rotatable bonds is 10. The number of anilines is 1. The summed E-state index contributed by atoms with van der Waals surface area (Å²) in [6.45, 7) is 2.60. The van der Waals surface area contributed by atoms with Crippen LogP contribution in [0.25, 0.3) is 0 Å². The highest BCUT2D eigenvalue weighted by molar-refractivity contribution is 7.10. The van der Waals surface area contributed by atoms with E-state index in [-0.39, 0.29) is 51.3 Å². The Morgan fingerprint density at radius 3 is 2.43 bits per heavy atom. The number of hydrogen-bond acceptors (Lipinski definition) is 8. The van der Waals surface area contributed by atoms with Gasteiger partial charge in [-0.1, -0.05) is 25.5 Å². The van der Waals surface area contributed by atoms with E-state index in [1.54, 1.807) is 25.1 Å². The van der Waals surface area contributed by atoms with Crippen molar-refractivity contribution >= 4 is 35.1 Å². The predicted molar refractivity (Wildman–Crippen MR) is 168 cm³/mol. The fourth-order valence-corrected chi connectivity index (χ4v) is 7.16. The predicted octanol–water partition coefficient (Wildman–Crippen LogP) is 6.33. The smallest absolute Gasteiger partial charge is 0.425 e. The zero-order chi connectivity index (χ0) is 35.4. The molecule has 2 aromatic heterocycles. The maximum absolute atomic E-state index is 14.7. The Kier molecular flexibility index (Phi) is 10.7. The van der Waals surface area contributed by atoms with Gasteiger partial charge in [0.1, 0.15) is 23.0 Å². The molecule has 0 N–H and O–H groups in total. The summed E-state index contributed by atoms with van der Waals surface area (Å²) in [4.78, 5) is 47.0. The number of benzene rings is 1. The molecule has 2 saturated heterocycles. The minimum atomic E-state index is -4.87. The van der Waals surface area contributed by atoms with Crippen molar-refractivity contribution in [2.24, 2.45) is 0 Å². The van der Waals surface area contributed by atoms with Gasteiger partial charge in [-0.05, 0) is 31.0 Å². The lowest BCUT2D eigenvalue weighted by Gasteiger charge is -2.50. The molecule has 1 aromatic carbocycles. The van der Waals surface area contributed by atoms with Gasteiger partial charge in [0.15, 0.2) is 6.29 Å². The number of aromatic nitrogens is 1. The van der Waals surface area contributed by atoms with Crippen LogP contribution >= 0.6 is 11.3 Å². The number of carbonyl (C=O) groups is 3. The molecule has 4 heterocycles. The largest absolute Gasteiger partial charge is 0.484 e. The number of piperidine rings is 1. The van der Waals surface area contributed by atoms with Crippen LogP contribution in [-0.2, 0) is 21.9 Å². The standard InChI is InChI=1S/C33H34F6N4O5S/c1-2-6-27-31(48-22-19-28(49-21-22)33(37,38)39,10-5-12-43(27)29(45)23-20-40-11-9-24(23)32(34,35)36)30(46)42-15-13-41(14-16-42)25-7-3-4-8-26(25)47-18-17-44/h3-4,7-9,11,17,19-21,27H,2,5-6,10,12-16,18H2,1H3/t27-,31+/m1/s1. The van der Waals surface area contributed by atoms with Crippen molar-refractivity contribution in [1.82, 2.24) is 14.8 Å². The number of amides is 2. The normalized spacial score (nSPS) is 20.2. The van der Waals surface area contributed by atoms with E-state index in [1.807, 2.05) is 11.0 Å². The highest BCUT2D eigenvalue weighted by Gasteiger charge is 2.56. The lowest BCUT2D eigenvalue weighted by Crippen LogP contribution is -2.69. The first-order chi connectivity index (χ1) is 23.3. The van der Waals surface area contributed by atoms with E-state index >= 15 is 0 Å². The number of likely N-dealkylation sites (tertiary alicyclic amines) is 1. The van der Waals surface area contributed by atoms with Crippen LogP contribution in [-0.4, -0.2) is 83.9 Å². The van der Waals surface area contributed by atoms with E-state index in [0.717, 1.165) is 23.8 Å². The second kappa shape index (κ2) is 14.6. The van der Waals surface area contributed by atoms with E-state index in [1.165, 1.54) is 9.80 Å². The molecule has 0 spiro atoms. The summed E-state index contributed by atoms with van der Waals surface area (Å²) in [5, 5.41) is 1.14. The van der Waals surface area contributed by atoms with Gasteiger partial charge < -0.3 is 24.2 Å². The molecule has 9 nitrogen and oxygen atoms in total. The highest BCUT2D eigenvalue weighted by Crippen LogP contribution is 2.43. The van der Waals surface area contributed by atoms with Crippen LogP contribution in [0.5, 0.6) is 11.5 Å². The molecule has 2 aliphatic rings. The minimum absolute atomic E-state index is 0.00311. The molecule has 5 rings (SSSR count). The Bertz CT molecular complexity index is 1640. The number of para-hydroxylation sites is 2. The van der Waals surface area contributed by atoms with Crippen molar-refractivity contribution in [3.8, 4) is 11.5 Å². The zero-order valence-electron chi connectivity index (χ0n) is 26.4. The van der Waals surface area contributed by atoms with Crippen molar-refractivity contribution in [2.45, 2.75) is 56.6 Å². The Balaban J connectivity index is 1.50. The number of aldehydes is 1. The van der Waals surface area contributed by atoms with Gasteiger partial charge in [0, 0.05) is 63.0 Å². The van der Waals surface area contributed by atoms with Gasteiger partial charge in [-0.25, -0.2) is 0 Å². The third kappa shape index (κ3) is 7.63. The van der Waals surface area contributed by atoms with Gasteiger partial charge in [0.2, 0.25) is 5.60 Å². The van der Waals surface area contributed by atoms with Gasteiger partial charge in [0.25, 0.3) is 11.8 Å². The molecule has 2 aliphatic heterocycles. The molecule has 2 fully saturated rings. The number of nitrogens with zero attached hydrogens (tertiary/aromatic N) is 4. The maximum Gasteiger partial charge on any atom is 0.425 e. The van der Waals surface area contributed by atoms with Crippen molar-refractivity contribution in [3.05, 3.63) is 70.2 Å². The summed E-state index contributed by atoms with van der Waals surface area (Å²) in [5.74, 6) is -1.32. The van der Waals surface area contributed by atoms with Crippen molar-refractivity contribution in [1.29, 1.82) is 0 Å². The molecule has 0 unspecified atom stereocenters. The van der Waals surface area contributed by atoms with Crippen LogP contribution in [0.3, 0.4) is 0 Å². The molecule has 0 radical (unpaired) electrons. The second-order valence-electron chi connectivity index (χ2n) is 11.7. The summed E-state index contributed by atoms with van der Waals surface area (Å²) in [6.07, 6.45) is -6.50. The van der Waals surface area contributed by atoms with E-state index in [2.05, 4.69) is 4.98 Å². The SMILES string of the molecule is CCC[C@H]1N(C(=O)c2cnccc2C(F)(F)F)CCC[C@@]1(Oc1csc(C(F)(F)F)c1)C(=O)N1CCN(c2ccccc2OCC=O)CC1. The first-order valence-corrected chi connectivity index (χ1v) is 16.5. The van der Waals surface area contributed by atoms with Crippen LogP contribution in [0.2, 0.25) is 0 Å². The Hall–Kier alpha value is -4.34. The monoisotopic (exact) mass is 712 g/mol. The molecule has 0 saturated carbocycles. The number of hydrogen-bond donors (Lipinski definition) is 0. The molecule has 0 bridgehead atoms. The molecular weight excluding hydrogens is 678 g/mol. The summed E-state index contributed by atoms with van der Waals surface area (Å²) in [7, 11) is 0. The summed E-state index contributed by atoms with van der Waals surface area (Å²) in [6, 6.07) is 7.46. The zero-order valence-corrected chi connectivity index (χ0v) is 27.2. The fraction of sp³-hybridized carbons (Fsp3) is 0.455. The minimum Gasteiger partial charge on any atom is -0.484 e. The van der Waals surface area contributed by atoms with E-state index in [4.69, 9.17) is 9.47 Å². The van der Waals surface area contributed by atoms with Crippen LogP contribution in [0.4, 0.5) is 32.0 Å². The molecule has 264 valence electrons. The molecule has 3 aromatic rings. The summed E-state index contributed by atoms with van der Waals surface area (Å²) in [5.41, 5.74) is -3.08. The topological polar surface area (TPSA) is 92.3 Å². The van der Waals surface area contributed by atoms with Crippen LogP contribution < -0.4 is 14.4 Å². The first-order valence-electron chi connectivity index (χ1n) is 15.7. The molecular formula is C33H34F6N4O5S. The quantitative estimate of drug-likeness (QED) is 0.179. The highest BCUT2D eigenvalue weighted by atomic mass is 32.1. The Labute approximate surface area is 282 Å². The molecule has 0 aliphatic carbocycles. The maximum atomic E-state index is 14.7. The average molecular weight is 713 g/mol. The number of pyridine rings is 1. The number of piperazine rings is 1. The number of ether oxygens (including phenoxy) is 2. The van der Waals surface area contributed by atoms with Crippen molar-refractivity contribution < 1.29 is 50.2 Å². The van der Waals surface area contributed by atoms with E-state index < -0.39 is 51.8 Å². The lowest BCUT2D eigenvalue weighted by atomic mass is 9.79. The Morgan fingerprint density at radius 1 is 1.04 bits per heavy atom. The van der Waals surface area contributed by atoms with Crippen molar-refractivity contribution in [2.75, 3.05) is 44.2 Å². The molecule has 16 heteroatoms. The van der Waals surface area contributed by atoms with Gasteiger partial charge in [-0.3, -0.25) is 19.4 Å². The van der Waals surface area contributed by atoms with E-state index in [9.17, 15) is 40.7 Å². The summed E-state index contributed by atoms with van der Waals surface area (Å²) >= 11 is 0.390. The number of halogens is 6.